The Labute approximate surface area is 129 Å². The van der Waals surface area contributed by atoms with Crippen LogP contribution in [0.4, 0.5) is 0 Å². The molecule has 2 fully saturated rings. The molecule has 2 aliphatic rings. The van der Waals surface area contributed by atoms with E-state index in [2.05, 4.69) is 42.6 Å². The monoisotopic (exact) mass is 287 g/mol. The minimum atomic E-state index is 0.395. The van der Waals surface area contributed by atoms with Gasteiger partial charge in [-0.15, -0.1) is 0 Å². The lowest BCUT2D eigenvalue weighted by molar-refractivity contribution is 0.0259. The first-order valence-electron chi connectivity index (χ1n) is 8.70. The highest BCUT2D eigenvalue weighted by atomic mass is 16.5. The topological polar surface area (TPSA) is 21.3 Å². The van der Waals surface area contributed by atoms with Crippen molar-refractivity contribution in [2.45, 2.75) is 51.6 Å². The van der Waals surface area contributed by atoms with Crippen LogP contribution in [0.1, 0.15) is 44.6 Å². The lowest BCUT2D eigenvalue weighted by atomic mass is 9.74. The molecule has 2 unspecified atom stereocenters. The second-order valence-electron chi connectivity index (χ2n) is 6.86. The van der Waals surface area contributed by atoms with Gasteiger partial charge in [0, 0.05) is 18.6 Å². The first-order valence-corrected chi connectivity index (χ1v) is 8.70. The van der Waals surface area contributed by atoms with Crippen molar-refractivity contribution in [2.24, 2.45) is 11.3 Å². The van der Waals surface area contributed by atoms with Crippen molar-refractivity contribution in [3.63, 3.8) is 0 Å². The highest BCUT2D eigenvalue weighted by Crippen LogP contribution is 2.50. The number of rotatable bonds is 8. The fraction of sp³-hybridized carbons (Fsp3) is 0.684. The standard InChI is InChI=1S/C19H29NO/c1-2-20-15-19(13-14-21-18(19)17-10-11-17)12-6-9-16-7-4-3-5-8-16/h3-5,7-8,17-18,20H,2,6,9-15H2,1H3. The normalized spacial score (nSPS) is 28.9. The second-order valence-corrected chi connectivity index (χ2v) is 6.86. The van der Waals surface area contributed by atoms with Gasteiger partial charge in [-0.3, -0.25) is 0 Å². The number of hydrogen-bond acceptors (Lipinski definition) is 2. The molecule has 21 heavy (non-hydrogen) atoms. The summed E-state index contributed by atoms with van der Waals surface area (Å²) in [6.45, 7) is 5.38. The summed E-state index contributed by atoms with van der Waals surface area (Å²) in [7, 11) is 0. The molecule has 2 heteroatoms. The van der Waals surface area contributed by atoms with Gasteiger partial charge >= 0.3 is 0 Å². The van der Waals surface area contributed by atoms with Gasteiger partial charge in [-0.2, -0.15) is 0 Å². The van der Waals surface area contributed by atoms with Crippen molar-refractivity contribution in [3.05, 3.63) is 35.9 Å². The summed E-state index contributed by atoms with van der Waals surface area (Å²) >= 11 is 0. The van der Waals surface area contributed by atoms with Gasteiger partial charge in [0.25, 0.3) is 0 Å². The minimum Gasteiger partial charge on any atom is -0.377 e. The summed E-state index contributed by atoms with van der Waals surface area (Å²) in [5.74, 6) is 0.850. The Balaban J connectivity index is 1.59. The number of aryl methyl sites for hydroxylation is 1. The van der Waals surface area contributed by atoms with Gasteiger partial charge in [-0.25, -0.2) is 0 Å². The lowest BCUT2D eigenvalue weighted by Gasteiger charge is -2.35. The Morgan fingerprint density at radius 3 is 2.76 bits per heavy atom. The average molecular weight is 287 g/mol. The van der Waals surface area contributed by atoms with Crippen molar-refractivity contribution in [2.75, 3.05) is 19.7 Å². The van der Waals surface area contributed by atoms with Crippen molar-refractivity contribution < 1.29 is 4.74 Å². The highest BCUT2D eigenvalue weighted by molar-refractivity contribution is 5.14. The molecule has 2 atom stereocenters. The molecule has 0 radical (unpaired) electrons. The molecule has 116 valence electrons. The third kappa shape index (κ3) is 3.67. The summed E-state index contributed by atoms with van der Waals surface area (Å²) in [5, 5.41) is 3.61. The predicted molar refractivity (Wildman–Crippen MR) is 87.4 cm³/mol. The summed E-state index contributed by atoms with van der Waals surface area (Å²) in [5.41, 5.74) is 1.87. The molecule has 1 aromatic rings. The number of benzene rings is 1. The van der Waals surface area contributed by atoms with Gasteiger partial charge in [-0.1, -0.05) is 37.3 Å². The first-order chi connectivity index (χ1) is 10.3. The van der Waals surface area contributed by atoms with Gasteiger partial charge in [0.05, 0.1) is 6.10 Å². The van der Waals surface area contributed by atoms with E-state index in [1.165, 1.54) is 44.1 Å². The maximum absolute atomic E-state index is 6.15. The van der Waals surface area contributed by atoms with Gasteiger partial charge in [0.2, 0.25) is 0 Å². The van der Waals surface area contributed by atoms with Crippen LogP contribution < -0.4 is 5.32 Å². The van der Waals surface area contributed by atoms with Gasteiger partial charge in [0.1, 0.15) is 0 Å². The van der Waals surface area contributed by atoms with E-state index in [-0.39, 0.29) is 0 Å². The Morgan fingerprint density at radius 2 is 2.05 bits per heavy atom. The van der Waals surface area contributed by atoms with Crippen LogP contribution in [0.15, 0.2) is 30.3 Å². The molecule has 0 aromatic heterocycles. The second kappa shape index (κ2) is 6.93. The Bertz CT molecular complexity index is 428. The van der Waals surface area contributed by atoms with E-state index in [0.717, 1.165) is 25.6 Å². The fourth-order valence-electron chi connectivity index (χ4n) is 3.95. The maximum atomic E-state index is 6.15. The Hall–Kier alpha value is -0.860. The lowest BCUT2D eigenvalue weighted by Crippen LogP contribution is -2.42. The van der Waals surface area contributed by atoms with Crippen molar-refractivity contribution in [1.29, 1.82) is 0 Å². The van der Waals surface area contributed by atoms with Crippen LogP contribution in [-0.4, -0.2) is 25.8 Å². The van der Waals surface area contributed by atoms with Gasteiger partial charge in [-0.05, 0) is 56.6 Å². The zero-order chi connectivity index (χ0) is 14.5. The highest BCUT2D eigenvalue weighted by Gasteiger charge is 2.50. The van der Waals surface area contributed by atoms with Gasteiger partial charge < -0.3 is 10.1 Å². The third-order valence-electron chi connectivity index (χ3n) is 5.26. The van der Waals surface area contributed by atoms with E-state index >= 15 is 0 Å². The molecule has 0 amide bonds. The molecule has 1 aliphatic heterocycles. The van der Waals surface area contributed by atoms with E-state index in [9.17, 15) is 0 Å². The molecule has 2 nitrogen and oxygen atoms in total. The molecule has 1 aliphatic carbocycles. The van der Waals surface area contributed by atoms with E-state index in [1.807, 2.05) is 0 Å². The molecule has 3 rings (SSSR count). The molecule has 0 bridgehead atoms. The SMILES string of the molecule is CCNCC1(CCCc2ccccc2)CCOC1C1CC1. The maximum Gasteiger partial charge on any atom is 0.0672 e. The quantitative estimate of drug-likeness (QED) is 0.785. The third-order valence-corrected chi connectivity index (χ3v) is 5.26. The average Bonchev–Trinajstić information content (AvgIpc) is 3.28. The molecular weight excluding hydrogens is 258 g/mol. The molecule has 1 aromatic carbocycles. The zero-order valence-corrected chi connectivity index (χ0v) is 13.3. The number of ether oxygens (including phenoxy) is 1. The van der Waals surface area contributed by atoms with E-state index < -0.39 is 0 Å². The summed E-state index contributed by atoms with van der Waals surface area (Å²) in [6.07, 6.45) is 8.32. The first kappa shape index (κ1) is 15.1. The molecule has 1 N–H and O–H groups in total. The van der Waals surface area contributed by atoms with Crippen LogP contribution in [0.5, 0.6) is 0 Å². The molecule has 1 saturated heterocycles. The number of hydrogen-bond donors (Lipinski definition) is 1. The fourth-order valence-corrected chi connectivity index (χ4v) is 3.95. The van der Waals surface area contributed by atoms with Crippen molar-refractivity contribution in [3.8, 4) is 0 Å². The smallest absolute Gasteiger partial charge is 0.0672 e. The van der Waals surface area contributed by atoms with Crippen molar-refractivity contribution >= 4 is 0 Å². The van der Waals surface area contributed by atoms with Crippen LogP contribution in [0.2, 0.25) is 0 Å². The zero-order valence-electron chi connectivity index (χ0n) is 13.3. The summed E-state index contributed by atoms with van der Waals surface area (Å²) in [4.78, 5) is 0. The van der Waals surface area contributed by atoms with Crippen LogP contribution in [0.3, 0.4) is 0 Å². The Morgan fingerprint density at radius 1 is 1.24 bits per heavy atom. The largest absolute Gasteiger partial charge is 0.377 e. The minimum absolute atomic E-state index is 0.395. The van der Waals surface area contributed by atoms with E-state index in [0.29, 0.717) is 11.5 Å². The van der Waals surface area contributed by atoms with Crippen molar-refractivity contribution in [1.82, 2.24) is 5.32 Å². The predicted octanol–water partition coefficient (Wildman–Crippen LogP) is 3.80. The molecule has 1 saturated carbocycles. The van der Waals surface area contributed by atoms with E-state index in [1.54, 1.807) is 0 Å². The molecule has 1 heterocycles. The molecule has 0 spiro atoms. The Kier molecular flexibility index (Phi) is 4.97. The van der Waals surface area contributed by atoms with Crippen LogP contribution in [0.25, 0.3) is 0 Å². The summed E-state index contributed by atoms with van der Waals surface area (Å²) in [6, 6.07) is 10.9. The summed E-state index contributed by atoms with van der Waals surface area (Å²) < 4.78 is 6.15. The van der Waals surface area contributed by atoms with Crippen LogP contribution in [-0.2, 0) is 11.2 Å². The van der Waals surface area contributed by atoms with Crippen LogP contribution >= 0.6 is 0 Å². The number of nitrogens with one attached hydrogen (secondary N) is 1. The van der Waals surface area contributed by atoms with E-state index in [4.69, 9.17) is 4.74 Å². The van der Waals surface area contributed by atoms with Gasteiger partial charge in [0.15, 0.2) is 0 Å². The molecular formula is C19H29NO. The van der Waals surface area contributed by atoms with Crippen LogP contribution in [0, 0.1) is 11.3 Å².